The molecule has 0 aromatic rings. The van der Waals surface area contributed by atoms with Gasteiger partial charge in [0.1, 0.15) is 6.04 Å². The van der Waals surface area contributed by atoms with Crippen molar-refractivity contribution in [2.24, 2.45) is 0 Å². The van der Waals surface area contributed by atoms with E-state index in [2.05, 4.69) is 5.32 Å². The van der Waals surface area contributed by atoms with Crippen LogP contribution in [0.2, 0.25) is 0 Å². The van der Waals surface area contributed by atoms with Gasteiger partial charge in [-0.05, 0) is 0 Å². The minimum atomic E-state index is -0.792. The van der Waals surface area contributed by atoms with Gasteiger partial charge in [0.2, 0.25) is 0 Å². The molecular weight excluding hydrogens is 158 g/mol. The Morgan fingerprint density at radius 1 is 1.58 bits per heavy atom. The lowest BCUT2D eigenvalue weighted by Crippen LogP contribution is -2.29. The van der Waals surface area contributed by atoms with Gasteiger partial charge in [0.25, 0.3) is 0 Å². The predicted molar refractivity (Wildman–Crippen MR) is 46.2 cm³/mol. The first-order valence-corrected chi connectivity index (χ1v) is 4.23. The maximum absolute atomic E-state index is 10.3. The van der Waals surface area contributed by atoms with E-state index >= 15 is 0 Å². The smallest absolute Gasteiger partial charge is 0.320 e. The summed E-state index contributed by atoms with van der Waals surface area (Å²) in [5.74, 6) is -0.792. The molecule has 1 saturated heterocycles. The number of methoxy groups -OCH3 is 1. The average Bonchev–Trinajstić information content (AvgIpc) is 2.55. The second-order valence-corrected chi connectivity index (χ2v) is 2.39. The zero-order chi connectivity index (χ0) is 9.56. The minimum absolute atomic E-state index is 0.0705. The van der Waals surface area contributed by atoms with Crippen LogP contribution >= 0.6 is 0 Å². The lowest BCUT2D eigenvalue weighted by Gasteiger charge is -2.03. The van der Waals surface area contributed by atoms with Crippen molar-refractivity contribution in [1.82, 2.24) is 5.32 Å². The van der Waals surface area contributed by atoms with E-state index in [1.807, 2.05) is 13.8 Å². The Morgan fingerprint density at radius 2 is 2.17 bits per heavy atom. The molecule has 2 atom stereocenters. The Kier molecular flexibility index (Phi) is 5.66. The van der Waals surface area contributed by atoms with E-state index in [-0.39, 0.29) is 6.10 Å². The van der Waals surface area contributed by atoms with Crippen LogP contribution in [0, 0.1) is 0 Å². The molecule has 0 aromatic heterocycles. The zero-order valence-corrected chi connectivity index (χ0v) is 7.83. The van der Waals surface area contributed by atoms with Gasteiger partial charge in [-0.25, -0.2) is 0 Å². The van der Waals surface area contributed by atoms with Gasteiger partial charge in [-0.1, -0.05) is 13.8 Å². The van der Waals surface area contributed by atoms with Crippen LogP contribution in [0.4, 0.5) is 0 Å². The number of carbonyl (C=O) groups is 1. The van der Waals surface area contributed by atoms with E-state index < -0.39 is 12.0 Å². The molecule has 4 heteroatoms. The Morgan fingerprint density at radius 3 is 2.42 bits per heavy atom. The van der Waals surface area contributed by atoms with Gasteiger partial charge in [0, 0.05) is 20.1 Å². The molecule has 1 aliphatic heterocycles. The fourth-order valence-electron chi connectivity index (χ4n) is 1.07. The normalized spacial score (nSPS) is 27.6. The molecule has 4 nitrogen and oxygen atoms in total. The first-order valence-electron chi connectivity index (χ1n) is 4.23. The van der Waals surface area contributed by atoms with Crippen molar-refractivity contribution >= 4 is 5.97 Å². The number of rotatable bonds is 2. The lowest BCUT2D eigenvalue weighted by molar-refractivity contribution is -0.139. The van der Waals surface area contributed by atoms with Crippen molar-refractivity contribution in [2.45, 2.75) is 32.4 Å². The van der Waals surface area contributed by atoms with Crippen LogP contribution in [-0.2, 0) is 9.53 Å². The van der Waals surface area contributed by atoms with E-state index in [0.29, 0.717) is 13.0 Å². The second kappa shape index (κ2) is 5.97. The first kappa shape index (κ1) is 11.4. The summed E-state index contributed by atoms with van der Waals surface area (Å²) >= 11 is 0. The van der Waals surface area contributed by atoms with E-state index in [1.54, 1.807) is 7.11 Å². The molecule has 0 aliphatic carbocycles. The molecule has 1 aliphatic rings. The molecule has 1 fully saturated rings. The first-order chi connectivity index (χ1) is 5.74. The molecule has 72 valence electrons. The van der Waals surface area contributed by atoms with E-state index in [4.69, 9.17) is 9.84 Å². The highest BCUT2D eigenvalue weighted by Crippen LogP contribution is 2.08. The number of ether oxygens (including phenoxy) is 1. The quantitative estimate of drug-likeness (QED) is 0.640. The highest BCUT2D eigenvalue weighted by atomic mass is 16.5. The third-order valence-corrected chi connectivity index (χ3v) is 1.72. The molecule has 0 aromatic carbocycles. The molecule has 1 heterocycles. The summed E-state index contributed by atoms with van der Waals surface area (Å²) in [6, 6.07) is -0.412. The highest BCUT2D eigenvalue weighted by Gasteiger charge is 2.28. The second-order valence-electron chi connectivity index (χ2n) is 2.39. The Bertz CT molecular complexity index is 138. The predicted octanol–water partition coefficient (Wildman–Crippen LogP) is 0.474. The summed E-state index contributed by atoms with van der Waals surface area (Å²) in [5, 5.41) is 11.3. The van der Waals surface area contributed by atoms with Gasteiger partial charge >= 0.3 is 5.97 Å². The van der Waals surface area contributed by atoms with Crippen molar-refractivity contribution in [2.75, 3.05) is 13.7 Å². The van der Waals surface area contributed by atoms with Crippen LogP contribution in [-0.4, -0.2) is 36.9 Å². The van der Waals surface area contributed by atoms with Crippen LogP contribution in [0.25, 0.3) is 0 Å². The summed E-state index contributed by atoms with van der Waals surface area (Å²) < 4.78 is 4.97. The third kappa shape index (κ3) is 3.19. The number of hydrogen-bond acceptors (Lipinski definition) is 3. The number of carboxylic acid groups (broad SMARTS) is 1. The number of hydrogen-bond donors (Lipinski definition) is 2. The zero-order valence-electron chi connectivity index (χ0n) is 7.83. The van der Waals surface area contributed by atoms with Gasteiger partial charge < -0.3 is 15.2 Å². The minimum Gasteiger partial charge on any atom is -0.480 e. The SMILES string of the molecule is CC.CO[C@H]1CNC(C(=O)O)C1. The van der Waals surface area contributed by atoms with Crippen LogP contribution in [0.5, 0.6) is 0 Å². The molecular formula is C8H17NO3. The summed E-state index contributed by atoms with van der Waals surface area (Å²) in [4.78, 5) is 10.3. The summed E-state index contributed by atoms with van der Waals surface area (Å²) in [5.41, 5.74) is 0. The highest BCUT2D eigenvalue weighted by molar-refractivity contribution is 5.73. The van der Waals surface area contributed by atoms with Crippen molar-refractivity contribution in [3.63, 3.8) is 0 Å². The van der Waals surface area contributed by atoms with Crippen LogP contribution in [0.3, 0.4) is 0 Å². The van der Waals surface area contributed by atoms with Gasteiger partial charge in [-0.2, -0.15) is 0 Å². The molecule has 0 saturated carbocycles. The summed E-state index contributed by atoms with van der Waals surface area (Å²) in [6.07, 6.45) is 0.646. The average molecular weight is 175 g/mol. The van der Waals surface area contributed by atoms with Crippen LogP contribution in [0.1, 0.15) is 20.3 Å². The molecule has 1 rings (SSSR count). The van der Waals surface area contributed by atoms with Crippen molar-refractivity contribution in [3.8, 4) is 0 Å². The lowest BCUT2D eigenvalue weighted by atomic mass is 10.2. The molecule has 0 radical (unpaired) electrons. The van der Waals surface area contributed by atoms with Crippen molar-refractivity contribution < 1.29 is 14.6 Å². The van der Waals surface area contributed by atoms with Crippen LogP contribution in [0.15, 0.2) is 0 Å². The maximum Gasteiger partial charge on any atom is 0.320 e. The van der Waals surface area contributed by atoms with E-state index in [9.17, 15) is 4.79 Å². The number of aliphatic carboxylic acids is 1. The molecule has 0 spiro atoms. The van der Waals surface area contributed by atoms with Gasteiger partial charge in [-0.3, -0.25) is 4.79 Å². The fraction of sp³-hybridized carbons (Fsp3) is 0.875. The molecule has 2 N–H and O–H groups in total. The van der Waals surface area contributed by atoms with Gasteiger partial charge in [-0.15, -0.1) is 0 Å². The van der Waals surface area contributed by atoms with E-state index in [1.165, 1.54) is 0 Å². The topological polar surface area (TPSA) is 58.6 Å². The third-order valence-electron chi connectivity index (χ3n) is 1.72. The largest absolute Gasteiger partial charge is 0.480 e. The molecule has 12 heavy (non-hydrogen) atoms. The summed E-state index contributed by atoms with van der Waals surface area (Å²) in [7, 11) is 1.59. The Labute approximate surface area is 72.9 Å². The number of carboxylic acids is 1. The van der Waals surface area contributed by atoms with Crippen molar-refractivity contribution in [3.05, 3.63) is 0 Å². The molecule has 0 amide bonds. The standard InChI is InChI=1S/C6H11NO3.C2H6/c1-10-4-2-5(6(8)9)7-3-4;1-2/h4-5,7H,2-3H2,1H3,(H,8,9);1-2H3/t4-,5?;/m1./s1. The number of nitrogens with one attached hydrogen (secondary N) is 1. The summed E-state index contributed by atoms with van der Waals surface area (Å²) in [6.45, 7) is 4.65. The monoisotopic (exact) mass is 175 g/mol. The fourth-order valence-corrected chi connectivity index (χ4v) is 1.07. The molecule has 0 bridgehead atoms. The Balaban J connectivity index is 0.000000561. The van der Waals surface area contributed by atoms with E-state index in [0.717, 1.165) is 0 Å². The van der Waals surface area contributed by atoms with Gasteiger partial charge in [0.15, 0.2) is 0 Å². The Hall–Kier alpha value is -0.610. The van der Waals surface area contributed by atoms with Crippen LogP contribution < -0.4 is 5.32 Å². The van der Waals surface area contributed by atoms with Gasteiger partial charge in [0.05, 0.1) is 6.10 Å². The maximum atomic E-state index is 10.3. The molecule has 1 unspecified atom stereocenters. The van der Waals surface area contributed by atoms with Crippen molar-refractivity contribution in [1.29, 1.82) is 0 Å².